The lowest BCUT2D eigenvalue weighted by atomic mass is 9.97. The summed E-state index contributed by atoms with van der Waals surface area (Å²) in [7, 11) is 5.93. The molecular formula is C41H52N10O7. The Morgan fingerprint density at radius 3 is 1.24 bits per heavy atom. The van der Waals surface area contributed by atoms with E-state index in [4.69, 9.17) is 30.4 Å². The number of aromatic nitrogens is 4. The fourth-order valence-corrected chi connectivity index (χ4v) is 7.63. The number of benzene rings is 2. The molecule has 6 rings (SSSR count). The number of rotatable bonds is 16. The number of carbonyl (C=O) groups excluding carboxylic acids is 3. The molecule has 17 nitrogen and oxygen atoms in total. The summed E-state index contributed by atoms with van der Waals surface area (Å²) in [6.07, 6.45) is 5.96. The summed E-state index contributed by atoms with van der Waals surface area (Å²) < 4.78 is 21.5. The van der Waals surface area contributed by atoms with Crippen LogP contribution in [0, 0.1) is 0 Å². The SMILES string of the molecule is COc1cccc(OC)c1C(=O)c1cnc(NC2CCN(C(C)C(=O)C(C)N3CCC(Nc4ncc(C(=O)c5c(OC)cccc5OC)c(N)n4)CC3)CC2)nc1N. The molecule has 6 N–H and O–H groups in total. The maximum Gasteiger partial charge on any atom is 0.224 e. The van der Waals surface area contributed by atoms with Crippen molar-refractivity contribution in [3.63, 3.8) is 0 Å². The van der Waals surface area contributed by atoms with Crippen LogP contribution in [0.2, 0.25) is 0 Å². The van der Waals surface area contributed by atoms with Crippen LogP contribution in [0.1, 0.15) is 71.4 Å². The highest BCUT2D eigenvalue weighted by Gasteiger charge is 2.34. The summed E-state index contributed by atoms with van der Waals surface area (Å²) >= 11 is 0. The predicted molar refractivity (Wildman–Crippen MR) is 219 cm³/mol. The number of hydrogen-bond acceptors (Lipinski definition) is 17. The number of hydrogen-bond donors (Lipinski definition) is 4. The van der Waals surface area contributed by atoms with Gasteiger partial charge in [0.25, 0.3) is 0 Å². The van der Waals surface area contributed by atoms with Crippen LogP contribution in [0.4, 0.5) is 23.5 Å². The fraction of sp³-hybridized carbons (Fsp3) is 0.439. The number of likely N-dealkylation sites (tertiary alicyclic amines) is 2. The van der Waals surface area contributed by atoms with Gasteiger partial charge in [-0.1, -0.05) is 12.1 Å². The van der Waals surface area contributed by atoms with Crippen molar-refractivity contribution in [3.8, 4) is 23.0 Å². The predicted octanol–water partition coefficient (Wildman–Crippen LogP) is 3.73. The number of nitrogens with one attached hydrogen (secondary N) is 2. The Bertz CT molecular complexity index is 1930. The van der Waals surface area contributed by atoms with E-state index in [0.29, 0.717) is 34.9 Å². The van der Waals surface area contributed by atoms with Gasteiger partial charge < -0.3 is 41.0 Å². The maximum atomic E-state index is 13.7. The Balaban J connectivity index is 0.967. The second-order valence-corrected chi connectivity index (χ2v) is 14.4. The van der Waals surface area contributed by atoms with Crippen molar-refractivity contribution in [2.24, 2.45) is 0 Å². The van der Waals surface area contributed by atoms with Crippen molar-refractivity contribution in [2.75, 3.05) is 76.7 Å². The van der Waals surface area contributed by atoms with Crippen LogP contribution in [-0.4, -0.2) is 126 Å². The van der Waals surface area contributed by atoms with Gasteiger partial charge in [-0.15, -0.1) is 0 Å². The minimum absolute atomic E-state index is 0.0492. The average Bonchev–Trinajstić information content (AvgIpc) is 3.25. The van der Waals surface area contributed by atoms with Crippen LogP contribution in [0.25, 0.3) is 0 Å². The van der Waals surface area contributed by atoms with E-state index in [1.54, 1.807) is 36.4 Å². The summed E-state index contributed by atoms with van der Waals surface area (Å²) in [5.74, 6) is 1.61. The zero-order valence-corrected chi connectivity index (χ0v) is 33.8. The molecule has 0 aliphatic carbocycles. The maximum absolute atomic E-state index is 13.7. The normalized spacial score (nSPS) is 16.5. The van der Waals surface area contributed by atoms with Crippen molar-refractivity contribution in [3.05, 3.63) is 71.0 Å². The molecule has 0 spiro atoms. The number of nitrogen functional groups attached to an aromatic ring is 2. The highest BCUT2D eigenvalue weighted by atomic mass is 16.5. The van der Waals surface area contributed by atoms with Crippen molar-refractivity contribution < 1.29 is 33.3 Å². The van der Waals surface area contributed by atoms with Crippen LogP contribution >= 0.6 is 0 Å². The molecule has 0 amide bonds. The smallest absolute Gasteiger partial charge is 0.224 e. The van der Waals surface area contributed by atoms with Crippen LogP contribution in [0.15, 0.2) is 48.8 Å². The zero-order chi connectivity index (χ0) is 41.5. The molecule has 2 unspecified atom stereocenters. The zero-order valence-electron chi connectivity index (χ0n) is 33.8. The summed E-state index contributed by atoms with van der Waals surface area (Å²) in [6, 6.07) is 9.84. The molecule has 2 aliphatic heterocycles. The van der Waals surface area contributed by atoms with Crippen molar-refractivity contribution >= 4 is 40.9 Å². The third kappa shape index (κ3) is 8.89. The van der Waals surface area contributed by atoms with Gasteiger partial charge in [0.2, 0.25) is 23.5 Å². The number of carbonyl (C=O) groups is 3. The Hall–Kier alpha value is -6.07. The van der Waals surface area contributed by atoms with Gasteiger partial charge in [0.15, 0.2) is 5.78 Å². The van der Waals surface area contributed by atoms with Gasteiger partial charge in [-0.2, -0.15) is 9.97 Å². The van der Waals surface area contributed by atoms with Crippen molar-refractivity contribution in [2.45, 2.75) is 63.7 Å². The molecule has 0 radical (unpaired) electrons. The quantitative estimate of drug-likeness (QED) is 0.119. The van der Waals surface area contributed by atoms with Crippen LogP contribution < -0.4 is 41.0 Å². The third-order valence-corrected chi connectivity index (χ3v) is 11.1. The third-order valence-electron chi connectivity index (χ3n) is 11.1. The van der Waals surface area contributed by atoms with E-state index in [1.165, 1.54) is 40.8 Å². The molecule has 58 heavy (non-hydrogen) atoms. The van der Waals surface area contributed by atoms with Gasteiger partial charge >= 0.3 is 0 Å². The molecule has 2 saturated heterocycles. The number of ether oxygens (including phenoxy) is 4. The number of anilines is 4. The summed E-state index contributed by atoms with van der Waals surface area (Å²) in [6.45, 7) is 6.87. The first-order valence-corrected chi connectivity index (χ1v) is 19.3. The molecule has 2 fully saturated rings. The first-order chi connectivity index (χ1) is 28.0. The van der Waals surface area contributed by atoms with E-state index >= 15 is 0 Å². The Labute approximate surface area is 337 Å². The Morgan fingerprint density at radius 2 is 0.948 bits per heavy atom. The molecule has 4 aromatic rings. The number of Topliss-reactive ketones (excluding diaryl/α,β-unsaturated/α-hetero) is 1. The molecular weight excluding hydrogens is 745 g/mol. The van der Waals surface area contributed by atoms with Crippen LogP contribution in [0.5, 0.6) is 23.0 Å². The first-order valence-electron chi connectivity index (χ1n) is 19.3. The number of ketones is 3. The van der Waals surface area contributed by atoms with Gasteiger partial charge in [-0.25, -0.2) is 9.97 Å². The number of nitrogens with zero attached hydrogens (tertiary/aromatic N) is 6. The fourth-order valence-electron chi connectivity index (χ4n) is 7.63. The van der Waals surface area contributed by atoms with E-state index in [9.17, 15) is 14.4 Å². The van der Waals surface area contributed by atoms with Gasteiger partial charge in [0, 0.05) is 50.7 Å². The highest BCUT2D eigenvalue weighted by molar-refractivity contribution is 6.15. The molecule has 2 atom stereocenters. The second-order valence-electron chi connectivity index (χ2n) is 14.4. The number of piperidine rings is 2. The average molecular weight is 797 g/mol. The Morgan fingerprint density at radius 1 is 0.621 bits per heavy atom. The molecule has 308 valence electrons. The standard InChI is InChI=1S/C41H52N10O7/c1-23(50-17-13-25(14-18-50)46-40-44-21-27(38(42)48-40)36(53)33-29(55-3)9-7-10-30(33)56-4)35(52)24(2)51-19-15-26(16-20-51)47-41-45-22-28(39(43)49-41)37(54)34-31(57-5)11-8-12-32(34)58-6/h7-12,21-26H,13-20H2,1-6H3,(H3,42,44,46,48)(H3,43,45,47,49). The molecule has 2 aliphatic rings. The molecule has 0 saturated carbocycles. The lowest BCUT2D eigenvalue weighted by Crippen LogP contribution is -2.54. The first kappa shape index (κ1) is 41.6. The van der Waals surface area contributed by atoms with E-state index < -0.39 is 11.6 Å². The van der Waals surface area contributed by atoms with E-state index in [0.717, 1.165) is 51.9 Å². The lowest BCUT2D eigenvalue weighted by molar-refractivity contribution is -0.129. The van der Waals surface area contributed by atoms with Gasteiger partial charge in [0.05, 0.1) is 51.6 Å². The monoisotopic (exact) mass is 796 g/mol. The largest absolute Gasteiger partial charge is 0.496 e. The topological polar surface area (TPSA) is 222 Å². The molecule has 17 heteroatoms. The summed E-state index contributed by atoms with van der Waals surface area (Å²) in [5.41, 5.74) is 13.3. The van der Waals surface area contributed by atoms with Gasteiger partial charge in [-0.05, 0) is 63.8 Å². The van der Waals surface area contributed by atoms with Crippen molar-refractivity contribution in [1.29, 1.82) is 0 Å². The lowest BCUT2D eigenvalue weighted by Gasteiger charge is -2.40. The minimum atomic E-state index is -0.398. The van der Waals surface area contributed by atoms with Gasteiger partial charge in [0.1, 0.15) is 45.8 Å². The van der Waals surface area contributed by atoms with E-state index in [1.807, 2.05) is 13.8 Å². The van der Waals surface area contributed by atoms with E-state index in [2.05, 4.69) is 40.4 Å². The van der Waals surface area contributed by atoms with Crippen LogP contribution in [0.3, 0.4) is 0 Å². The molecule has 0 bridgehead atoms. The summed E-state index contributed by atoms with van der Waals surface area (Å²) in [5, 5.41) is 6.71. The van der Waals surface area contributed by atoms with Crippen LogP contribution in [-0.2, 0) is 4.79 Å². The molecule has 2 aromatic carbocycles. The number of nitrogens with two attached hydrogens (primary N) is 2. The highest BCUT2D eigenvalue weighted by Crippen LogP contribution is 2.33. The minimum Gasteiger partial charge on any atom is -0.496 e. The number of methoxy groups -OCH3 is 4. The summed E-state index contributed by atoms with van der Waals surface area (Å²) in [4.78, 5) is 62.6. The molecule has 4 heterocycles. The molecule has 2 aromatic heterocycles. The Kier molecular flexibility index (Phi) is 13.2. The second kappa shape index (κ2) is 18.5. The van der Waals surface area contributed by atoms with Crippen molar-refractivity contribution in [1.82, 2.24) is 29.7 Å². The van der Waals surface area contributed by atoms with Gasteiger partial charge in [-0.3, -0.25) is 24.2 Å². The van der Waals surface area contributed by atoms with E-state index in [-0.39, 0.29) is 63.8 Å².